The van der Waals surface area contributed by atoms with Crippen LogP contribution in [0.5, 0.6) is 0 Å². The van der Waals surface area contributed by atoms with Crippen molar-refractivity contribution in [2.75, 3.05) is 42.7 Å². The van der Waals surface area contributed by atoms with Gasteiger partial charge in [0.05, 0.1) is 23.9 Å². The van der Waals surface area contributed by atoms with Crippen LogP contribution in [-0.4, -0.2) is 52.9 Å². The Labute approximate surface area is 202 Å². The van der Waals surface area contributed by atoms with Crippen LogP contribution in [0.4, 0.5) is 28.8 Å². The van der Waals surface area contributed by atoms with E-state index in [9.17, 15) is 4.79 Å². The fourth-order valence-corrected chi connectivity index (χ4v) is 4.19. The molecule has 0 atom stereocenters. The van der Waals surface area contributed by atoms with Crippen molar-refractivity contribution in [1.29, 1.82) is 0 Å². The van der Waals surface area contributed by atoms with E-state index in [4.69, 9.17) is 11.6 Å². The maximum absolute atomic E-state index is 12.6. The number of fused-ring (bicyclic) bond motifs is 2. The molecule has 0 fully saturated rings. The molecule has 1 amide bonds. The van der Waals surface area contributed by atoms with Gasteiger partial charge in [0.15, 0.2) is 0 Å². The highest BCUT2D eigenvalue weighted by atomic mass is 35.5. The molecule has 2 aromatic carbocycles. The van der Waals surface area contributed by atoms with E-state index >= 15 is 0 Å². The van der Waals surface area contributed by atoms with Crippen LogP contribution in [0.15, 0.2) is 60.9 Å². The molecule has 3 heterocycles. The van der Waals surface area contributed by atoms with Gasteiger partial charge in [0.2, 0.25) is 11.9 Å². The van der Waals surface area contributed by atoms with Gasteiger partial charge in [0.1, 0.15) is 5.82 Å². The average Bonchev–Trinajstić information content (AvgIpc) is 3.22. The third-order valence-electron chi connectivity index (χ3n) is 5.56. The summed E-state index contributed by atoms with van der Waals surface area (Å²) in [5, 5.41) is 8.13. The molecule has 8 nitrogen and oxygen atoms in total. The Hall–Kier alpha value is -3.75. The van der Waals surface area contributed by atoms with Crippen LogP contribution in [0, 0.1) is 0 Å². The Morgan fingerprint density at radius 2 is 1.94 bits per heavy atom. The zero-order valence-corrected chi connectivity index (χ0v) is 19.7. The average molecular weight is 474 g/mol. The summed E-state index contributed by atoms with van der Waals surface area (Å²) in [6, 6.07) is 15.4. The van der Waals surface area contributed by atoms with E-state index in [1.807, 2.05) is 60.3 Å². The first kappa shape index (κ1) is 22.1. The molecule has 1 aliphatic rings. The molecule has 2 N–H and O–H groups in total. The number of benzene rings is 2. The minimum Gasteiger partial charge on any atom is -0.339 e. The van der Waals surface area contributed by atoms with Gasteiger partial charge < -0.3 is 20.4 Å². The minimum atomic E-state index is 0.0913. The first-order chi connectivity index (χ1) is 16.4. The van der Waals surface area contributed by atoms with Gasteiger partial charge in [-0.05, 0) is 68.5 Å². The molecule has 9 heteroatoms. The molecule has 0 saturated carbocycles. The predicted molar refractivity (Wildman–Crippen MR) is 136 cm³/mol. The summed E-state index contributed by atoms with van der Waals surface area (Å²) in [5.74, 6) is 1.17. The lowest BCUT2D eigenvalue weighted by atomic mass is 10.1. The fraction of sp³-hybridized carbons (Fsp3) is 0.200. The van der Waals surface area contributed by atoms with E-state index in [1.165, 1.54) is 0 Å². The third-order valence-corrected chi connectivity index (χ3v) is 5.80. The second-order valence-electron chi connectivity index (χ2n) is 8.45. The summed E-state index contributed by atoms with van der Waals surface area (Å²) >= 11 is 6.11. The number of hydrogen-bond acceptors (Lipinski definition) is 7. The van der Waals surface area contributed by atoms with E-state index in [0.717, 1.165) is 39.9 Å². The number of halogens is 1. The quantitative estimate of drug-likeness (QED) is 0.422. The lowest BCUT2D eigenvalue weighted by molar-refractivity contribution is -0.119. The van der Waals surface area contributed by atoms with Gasteiger partial charge in [-0.15, -0.1) is 0 Å². The number of carbonyl (C=O) groups is 1. The SMILES string of the molecule is CN(C)CC(=O)N1CCc2ccc(Nc3nccc(Nc4cnc5ccc(Cl)cc5c4)n3)cc21. The maximum atomic E-state index is 12.6. The number of likely N-dealkylation sites (N-methyl/N-ethyl adjacent to an activating group) is 1. The van der Waals surface area contributed by atoms with Crippen LogP contribution in [0.3, 0.4) is 0 Å². The Bertz CT molecular complexity index is 1370. The van der Waals surface area contributed by atoms with Crippen molar-refractivity contribution in [2.24, 2.45) is 0 Å². The topological polar surface area (TPSA) is 86.3 Å². The minimum absolute atomic E-state index is 0.0913. The van der Waals surface area contributed by atoms with Gasteiger partial charge >= 0.3 is 0 Å². The molecule has 4 aromatic rings. The second kappa shape index (κ2) is 9.24. The van der Waals surface area contributed by atoms with Crippen molar-refractivity contribution < 1.29 is 4.79 Å². The second-order valence-corrected chi connectivity index (χ2v) is 8.89. The normalized spacial score (nSPS) is 12.8. The van der Waals surface area contributed by atoms with Crippen LogP contribution >= 0.6 is 11.6 Å². The zero-order valence-electron chi connectivity index (χ0n) is 18.9. The monoisotopic (exact) mass is 473 g/mol. The standard InChI is InChI=1S/C25H24ClN7O/c1-32(2)15-24(34)33-10-8-16-3-5-19(13-22(16)33)30-25-27-9-7-23(31-25)29-20-12-17-11-18(26)4-6-21(17)28-14-20/h3-7,9,11-14H,8,10,15H2,1-2H3,(H2,27,29,30,31). The number of rotatable bonds is 6. The highest BCUT2D eigenvalue weighted by Gasteiger charge is 2.25. The first-order valence-corrected chi connectivity index (χ1v) is 11.3. The summed E-state index contributed by atoms with van der Waals surface area (Å²) in [6.45, 7) is 1.08. The molecule has 0 aliphatic carbocycles. The van der Waals surface area contributed by atoms with Crippen LogP contribution in [0.1, 0.15) is 5.56 Å². The van der Waals surface area contributed by atoms with Crippen molar-refractivity contribution in [3.05, 3.63) is 71.5 Å². The smallest absolute Gasteiger partial charge is 0.241 e. The lowest BCUT2D eigenvalue weighted by Gasteiger charge is -2.20. The Morgan fingerprint density at radius 1 is 1.06 bits per heavy atom. The van der Waals surface area contributed by atoms with Crippen molar-refractivity contribution >= 4 is 57.2 Å². The fourth-order valence-electron chi connectivity index (χ4n) is 4.01. The molecule has 34 heavy (non-hydrogen) atoms. The van der Waals surface area contributed by atoms with Gasteiger partial charge in [0, 0.05) is 34.5 Å². The number of aromatic nitrogens is 3. The summed E-state index contributed by atoms with van der Waals surface area (Å²) in [6.07, 6.45) is 4.30. The van der Waals surface area contributed by atoms with Crippen molar-refractivity contribution in [3.63, 3.8) is 0 Å². The number of hydrogen-bond donors (Lipinski definition) is 2. The first-order valence-electron chi connectivity index (χ1n) is 10.9. The molecule has 0 bridgehead atoms. The number of pyridine rings is 1. The largest absolute Gasteiger partial charge is 0.339 e. The summed E-state index contributed by atoms with van der Waals surface area (Å²) in [4.78, 5) is 29.7. The van der Waals surface area contributed by atoms with Crippen LogP contribution in [-0.2, 0) is 11.2 Å². The molecule has 0 radical (unpaired) electrons. The molecular formula is C25H24ClN7O. The van der Waals surface area contributed by atoms with Gasteiger partial charge in [-0.2, -0.15) is 4.98 Å². The molecule has 172 valence electrons. The maximum Gasteiger partial charge on any atom is 0.241 e. The molecule has 5 rings (SSSR count). The predicted octanol–water partition coefficient (Wildman–Crippen LogP) is 4.62. The van der Waals surface area contributed by atoms with Crippen molar-refractivity contribution in [3.8, 4) is 0 Å². The Morgan fingerprint density at radius 3 is 2.79 bits per heavy atom. The summed E-state index contributed by atoms with van der Waals surface area (Å²) in [7, 11) is 3.79. The van der Waals surface area contributed by atoms with Gasteiger partial charge in [-0.25, -0.2) is 4.98 Å². The molecule has 2 aromatic heterocycles. The van der Waals surface area contributed by atoms with E-state index in [0.29, 0.717) is 29.9 Å². The molecule has 0 unspecified atom stereocenters. The third kappa shape index (κ3) is 4.78. The molecular weight excluding hydrogens is 450 g/mol. The van der Waals surface area contributed by atoms with Crippen molar-refractivity contribution in [2.45, 2.75) is 6.42 Å². The number of anilines is 5. The van der Waals surface area contributed by atoms with Gasteiger partial charge in [-0.3, -0.25) is 9.78 Å². The molecule has 0 spiro atoms. The summed E-state index contributed by atoms with van der Waals surface area (Å²) in [5.41, 5.74) is 4.59. The number of carbonyl (C=O) groups excluding carboxylic acids is 1. The Kier molecular flexibility index (Phi) is 6.00. The lowest BCUT2D eigenvalue weighted by Crippen LogP contribution is -2.36. The van der Waals surface area contributed by atoms with E-state index < -0.39 is 0 Å². The Balaban J connectivity index is 1.33. The van der Waals surface area contributed by atoms with Gasteiger partial charge in [-0.1, -0.05) is 17.7 Å². The van der Waals surface area contributed by atoms with Crippen molar-refractivity contribution in [1.82, 2.24) is 19.9 Å². The molecule has 1 aliphatic heterocycles. The van der Waals surface area contributed by atoms with E-state index in [1.54, 1.807) is 18.5 Å². The number of amides is 1. The number of nitrogens with zero attached hydrogens (tertiary/aromatic N) is 5. The highest BCUT2D eigenvalue weighted by molar-refractivity contribution is 6.31. The van der Waals surface area contributed by atoms with Crippen LogP contribution in [0.25, 0.3) is 10.9 Å². The van der Waals surface area contributed by atoms with Gasteiger partial charge in [0.25, 0.3) is 0 Å². The van der Waals surface area contributed by atoms with Crippen LogP contribution < -0.4 is 15.5 Å². The highest BCUT2D eigenvalue weighted by Crippen LogP contribution is 2.32. The zero-order chi connectivity index (χ0) is 23.7. The number of nitrogens with one attached hydrogen (secondary N) is 2. The van der Waals surface area contributed by atoms with E-state index in [2.05, 4.69) is 31.7 Å². The summed E-state index contributed by atoms with van der Waals surface area (Å²) < 4.78 is 0. The van der Waals surface area contributed by atoms with E-state index in [-0.39, 0.29) is 5.91 Å². The molecule has 0 saturated heterocycles. The van der Waals surface area contributed by atoms with Crippen LogP contribution in [0.2, 0.25) is 5.02 Å².